The molecule has 0 aliphatic rings. The summed E-state index contributed by atoms with van der Waals surface area (Å²) in [6.07, 6.45) is 1.14. The molecule has 0 saturated heterocycles. The Kier molecular flexibility index (Phi) is 5.41. The Morgan fingerprint density at radius 2 is 1.42 bits per heavy atom. The van der Waals surface area contributed by atoms with Crippen molar-refractivity contribution in [3.63, 3.8) is 0 Å². The molecule has 0 amide bonds. The minimum atomic E-state index is -3.59. The lowest BCUT2D eigenvalue weighted by molar-refractivity contribution is 0.481. The molecule has 154 valence electrons. The van der Waals surface area contributed by atoms with Crippen LogP contribution < -0.4 is 4.31 Å². The van der Waals surface area contributed by atoms with Crippen LogP contribution >= 0.6 is 0 Å². The van der Waals surface area contributed by atoms with Gasteiger partial charge < -0.3 is 5.11 Å². The third-order valence-electron chi connectivity index (χ3n) is 5.01. The van der Waals surface area contributed by atoms with Gasteiger partial charge in [0, 0.05) is 17.0 Å². The van der Waals surface area contributed by atoms with Gasteiger partial charge >= 0.3 is 0 Å². The summed E-state index contributed by atoms with van der Waals surface area (Å²) in [4.78, 5) is 0. The molecule has 0 aromatic heterocycles. The van der Waals surface area contributed by atoms with E-state index in [-0.39, 0.29) is 5.75 Å². The lowest BCUT2D eigenvalue weighted by atomic mass is 9.94. The van der Waals surface area contributed by atoms with Crippen LogP contribution in [0.5, 0.6) is 5.75 Å². The van der Waals surface area contributed by atoms with E-state index in [1.54, 1.807) is 18.2 Å². The molecule has 4 aromatic carbocycles. The van der Waals surface area contributed by atoms with Gasteiger partial charge in [0.25, 0.3) is 0 Å². The van der Waals surface area contributed by atoms with Crippen LogP contribution in [0.4, 0.5) is 5.69 Å². The fourth-order valence-corrected chi connectivity index (χ4v) is 4.19. The van der Waals surface area contributed by atoms with Crippen molar-refractivity contribution in [2.45, 2.75) is 6.92 Å². The van der Waals surface area contributed by atoms with Gasteiger partial charge in [0.1, 0.15) is 5.75 Å². The van der Waals surface area contributed by atoms with E-state index >= 15 is 0 Å². The number of sulfonamides is 1. The molecule has 0 aliphatic heterocycles. The highest BCUT2D eigenvalue weighted by molar-refractivity contribution is 7.92. The van der Waals surface area contributed by atoms with Crippen molar-refractivity contribution in [3.05, 3.63) is 96.1 Å². The molecule has 0 saturated carbocycles. The first-order valence-corrected chi connectivity index (χ1v) is 11.6. The molecule has 4 nitrogen and oxygen atoms in total. The lowest BCUT2D eigenvalue weighted by Gasteiger charge is -2.15. The number of nitrogens with zero attached hydrogens (tertiary/aromatic N) is 1. The third-order valence-corrected chi connectivity index (χ3v) is 5.98. The van der Waals surface area contributed by atoms with Gasteiger partial charge in [-0.2, -0.15) is 4.31 Å². The Labute approximate surface area is 182 Å². The summed E-state index contributed by atoms with van der Waals surface area (Å²) in [5.41, 5.74) is 4.00. The van der Waals surface area contributed by atoms with Crippen molar-refractivity contribution in [1.82, 2.24) is 0 Å². The first-order valence-electron chi connectivity index (χ1n) is 9.73. The van der Waals surface area contributed by atoms with Crippen LogP contribution in [0.3, 0.4) is 0 Å². The monoisotopic (exact) mass is 427 g/mol. The summed E-state index contributed by atoms with van der Waals surface area (Å²) in [5, 5.41) is 11.9. The molecule has 0 unspecified atom stereocenters. The Balaban J connectivity index is 1.85. The van der Waals surface area contributed by atoms with Gasteiger partial charge in [0.15, 0.2) is 0 Å². The van der Waals surface area contributed by atoms with E-state index in [0.717, 1.165) is 38.0 Å². The van der Waals surface area contributed by atoms with E-state index in [4.69, 9.17) is 0 Å². The van der Waals surface area contributed by atoms with Crippen LogP contribution in [0.25, 0.3) is 21.9 Å². The zero-order valence-electron chi connectivity index (χ0n) is 17.2. The zero-order chi connectivity index (χ0) is 22.0. The molecule has 0 heterocycles. The highest BCUT2D eigenvalue weighted by Crippen LogP contribution is 2.35. The van der Waals surface area contributed by atoms with Gasteiger partial charge in [0.2, 0.25) is 10.0 Å². The Bertz CT molecular complexity index is 1430. The van der Waals surface area contributed by atoms with Crippen LogP contribution in [-0.4, -0.2) is 19.8 Å². The number of fused-ring (bicyclic) bond motifs is 1. The smallest absolute Gasteiger partial charge is 0.243 e. The maximum atomic E-state index is 12.4. The fourth-order valence-electron chi connectivity index (χ4n) is 3.48. The summed E-state index contributed by atoms with van der Waals surface area (Å²) < 4.78 is 25.9. The molecule has 0 spiro atoms. The number of phenolic OH excluding ortho intramolecular Hbond substituents is 1. The molecule has 0 fully saturated rings. The number of benzene rings is 4. The molecule has 0 atom stereocenters. The summed E-state index contributed by atoms with van der Waals surface area (Å²) >= 11 is 0. The molecular formula is C26H21NO3S. The Morgan fingerprint density at radius 3 is 2.13 bits per heavy atom. The topological polar surface area (TPSA) is 57.6 Å². The van der Waals surface area contributed by atoms with E-state index in [2.05, 4.69) is 12.0 Å². The number of rotatable bonds is 3. The highest BCUT2D eigenvalue weighted by atomic mass is 32.2. The van der Waals surface area contributed by atoms with Crippen molar-refractivity contribution < 1.29 is 13.5 Å². The van der Waals surface area contributed by atoms with Crippen LogP contribution in [0.2, 0.25) is 0 Å². The highest BCUT2D eigenvalue weighted by Gasteiger charge is 2.15. The van der Waals surface area contributed by atoms with Gasteiger partial charge in [-0.15, -0.1) is 0 Å². The summed E-state index contributed by atoms with van der Waals surface area (Å²) in [7, 11) is -3.59. The van der Waals surface area contributed by atoms with Crippen LogP contribution in [0.1, 0.15) is 11.1 Å². The second kappa shape index (κ2) is 8.17. The first kappa shape index (κ1) is 20.5. The number of hydrogen-bond donors (Lipinski definition) is 1. The lowest BCUT2D eigenvalue weighted by Crippen LogP contribution is -2.24. The van der Waals surface area contributed by atoms with E-state index < -0.39 is 10.0 Å². The normalized spacial score (nSPS) is 11.0. The van der Waals surface area contributed by atoms with E-state index in [1.807, 2.05) is 73.7 Å². The molecule has 1 N–H and O–H groups in total. The van der Waals surface area contributed by atoms with Gasteiger partial charge in [-0.3, -0.25) is 0 Å². The van der Waals surface area contributed by atoms with Crippen LogP contribution in [-0.2, 0) is 10.0 Å². The minimum absolute atomic E-state index is 0.213. The molecule has 4 aromatic rings. The zero-order valence-corrected chi connectivity index (χ0v) is 18.0. The molecule has 4 rings (SSSR count). The number of anilines is 1. The second-order valence-corrected chi connectivity index (χ2v) is 9.15. The van der Waals surface area contributed by atoms with Gasteiger partial charge in [-0.25, -0.2) is 8.42 Å². The van der Waals surface area contributed by atoms with E-state index in [1.165, 1.54) is 0 Å². The quantitative estimate of drug-likeness (QED) is 0.357. The maximum Gasteiger partial charge on any atom is 0.243 e. The number of phenols is 1. The van der Waals surface area contributed by atoms with Crippen molar-refractivity contribution >= 4 is 26.5 Å². The molecule has 0 bridgehead atoms. The van der Waals surface area contributed by atoms with Crippen molar-refractivity contribution in [2.24, 2.45) is 0 Å². The Hall–Kier alpha value is -3.75. The predicted octanol–water partition coefficient (Wildman–Crippen LogP) is 5.30. The molecule has 31 heavy (non-hydrogen) atoms. The fraction of sp³-hybridized carbons (Fsp3) is 0.0769. The largest absolute Gasteiger partial charge is 0.507 e. The molecule has 0 radical (unpaired) electrons. The van der Waals surface area contributed by atoms with E-state index in [0.29, 0.717) is 11.3 Å². The second-order valence-electron chi connectivity index (χ2n) is 7.32. The standard InChI is InChI=1S/C26H21NO3S/c1-19-11-13-21(14-12-19)27(31(2,29)30)18-17-20-7-3-4-8-22(20)24-15-16-26(28)25-10-6-5-9-23(24)25/h3-16,28H,1-2H3. The molecular weight excluding hydrogens is 406 g/mol. The van der Waals surface area contributed by atoms with Gasteiger partial charge in [0.05, 0.1) is 11.9 Å². The van der Waals surface area contributed by atoms with Crippen molar-refractivity contribution in [1.29, 1.82) is 0 Å². The summed E-state index contributed by atoms with van der Waals surface area (Å²) in [6, 6.07) is 28.7. The van der Waals surface area contributed by atoms with Crippen molar-refractivity contribution in [3.8, 4) is 28.8 Å². The number of hydrogen-bond acceptors (Lipinski definition) is 3. The minimum Gasteiger partial charge on any atom is -0.507 e. The summed E-state index contributed by atoms with van der Waals surface area (Å²) in [6.45, 7) is 1.94. The number of aryl methyl sites for hydroxylation is 1. The third kappa shape index (κ3) is 4.25. The molecule has 0 aliphatic carbocycles. The average Bonchev–Trinajstić information content (AvgIpc) is 2.75. The van der Waals surface area contributed by atoms with Gasteiger partial charge in [-0.05, 0) is 53.6 Å². The number of aromatic hydroxyl groups is 1. The summed E-state index contributed by atoms with van der Waals surface area (Å²) in [5.74, 6) is 3.26. The van der Waals surface area contributed by atoms with Gasteiger partial charge in [-0.1, -0.05) is 66.2 Å². The van der Waals surface area contributed by atoms with Crippen molar-refractivity contribution in [2.75, 3.05) is 10.6 Å². The van der Waals surface area contributed by atoms with E-state index in [9.17, 15) is 13.5 Å². The Morgan fingerprint density at radius 1 is 0.774 bits per heavy atom. The van der Waals surface area contributed by atoms with Crippen LogP contribution in [0.15, 0.2) is 84.9 Å². The SMILES string of the molecule is Cc1ccc(N(C#Cc2ccccc2-c2ccc(O)c3ccccc23)S(C)(=O)=O)cc1. The predicted molar refractivity (Wildman–Crippen MR) is 126 cm³/mol. The molecule has 5 heteroatoms. The maximum absolute atomic E-state index is 12.4. The van der Waals surface area contributed by atoms with Crippen LogP contribution in [0, 0.1) is 18.9 Å². The average molecular weight is 428 g/mol. The first-order chi connectivity index (χ1) is 14.8.